The number of ketones is 2. The van der Waals surface area contributed by atoms with Crippen molar-refractivity contribution in [2.75, 3.05) is 25.6 Å². The Bertz CT molecular complexity index is 1890. The van der Waals surface area contributed by atoms with Gasteiger partial charge in [0.1, 0.15) is 34.3 Å². The second-order valence-electron chi connectivity index (χ2n) is 15.1. The van der Waals surface area contributed by atoms with E-state index in [0.717, 1.165) is 24.3 Å². The van der Waals surface area contributed by atoms with Crippen LogP contribution in [0.5, 0.6) is 5.75 Å². The summed E-state index contributed by atoms with van der Waals surface area (Å²) >= 11 is 1.71. The van der Waals surface area contributed by atoms with Crippen LogP contribution in [-0.4, -0.2) is 120 Å². The van der Waals surface area contributed by atoms with Crippen molar-refractivity contribution in [3.63, 3.8) is 0 Å². The number of aromatic hydroxyl groups is 1. The first-order valence-electron chi connectivity index (χ1n) is 18.9. The molecule has 1 aromatic rings. The molecule has 1 aliphatic heterocycles. The number of benzene rings is 1. The zero-order valence-electron chi connectivity index (χ0n) is 33.6. The summed E-state index contributed by atoms with van der Waals surface area (Å²) in [6.07, 6.45) is 2.45. The lowest BCUT2D eigenvalue weighted by atomic mass is 9.55. The normalized spacial score (nSPS) is 27.1. The van der Waals surface area contributed by atoms with Crippen molar-refractivity contribution in [2.45, 2.75) is 90.0 Å². The maximum absolute atomic E-state index is 13.3. The van der Waals surface area contributed by atoms with Gasteiger partial charge in [-0.1, -0.05) is 46.2 Å². The maximum atomic E-state index is 13.3. The van der Waals surface area contributed by atoms with E-state index < -0.39 is 110 Å². The van der Waals surface area contributed by atoms with Gasteiger partial charge in [-0.2, -0.15) is 11.8 Å². The number of aliphatic hydroxyl groups excluding tert-OH is 2. The average Bonchev–Trinajstić information content (AvgIpc) is 3.12. The number of nitrogens with two attached hydrogens (primary N) is 2. The number of rotatable bonds is 11. The first-order valence-corrected chi connectivity index (χ1v) is 20.0. The number of Topliss-reactive ketones (excluding diaryl/α,β-unsaturated/α-hetero) is 2. The number of carboxylic acid groups (broad SMARTS) is 1. The van der Waals surface area contributed by atoms with Crippen LogP contribution in [0, 0.1) is 23.2 Å². The summed E-state index contributed by atoms with van der Waals surface area (Å²) in [5.41, 5.74) is 3.50. The number of carbonyl (C=O) groups is 7. The van der Waals surface area contributed by atoms with Gasteiger partial charge in [0, 0.05) is 17.4 Å². The predicted octanol–water partition coefficient (Wildman–Crippen LogP) is 1.51. The Hall–Kier alpha value is -4.82. The summed E-state index contributed by atoms with van der Waals surface area (Å²) in [6, 6.07) is 1.65. The highest BCUT2D eigenvalue weighted by atomic mass is 32.2. The number of nitrogens with one attached hydrogen (secondary N) is 2. The second kappa shape index (κ2) is 18.4. The second-order valence-corrected chi connectivity index (χ2v) is 16.5. The van der Waals surface area contributed by atoms with E-state index >= 15 is 0 Å². The van der Waals surface area contributed by atoms with Crippen LogP contribution < -0.4 is 22.1 Å². The van der Waals surface area contributed by atoms with E-state index in [-0.39, 0.29) is 23.5 Å². The summed E-state index contributed by atoms with van der Waals surface area (Å²) in [4.78, 5) is 84.8. The first-order chi connectivity index (χ1) is 26.9. The van der Waals surface area contributed by atoms with Gasteiger partial charge in [0.05, 0.1) is 17.2 Å². The molecule has 0 bridgehead atoms. The van der Waals surface area contributed by atoms with Gasteiger partial charge in [0.2, 0.25) is 17.6 Å². The molecule has 1 saturated heterocycles. The lowest BCUT2D eigenvalue weighted by molar-refractivity contribution is -0.152. The predicted molar refractivity (Wildman–Crippen MR) is 211 cm³/mol. The van der Waals surface area contributed by atoms with Gasteiger partial charge in [-0.25, -0.2) is 4.79 Å². The number of phenols is 1. The number of phenolic OH excluding ortho intramolecular Hbond substituents is 1. The van der Waals surface area contributed by atoms with E-state index in [1.54, 1.807) is 18.7 Å². The number of aliphatic hydroxyl groups is 4. The Kier molecular flexibility index (Phi) is 15.1. The van der Waals surface area contributed by atoms with Crippen LogP contribution in [0.3, 0.4) is 0 Å². The highest BCUT2D eigenvalue weighted by molar-refractivity contribution is 7.99. The number of aliphatic carboxylic acids is 1. The lowest BCUT2D eigenvalue weighted by Crippen LogP contribution is -2.65. The van der Waals surface area contributed by atoms with Crippen molar-refractivity contribution in [3.8, 4) is 5.75 Å². The van der Waals surface area contributed by atoms with Crippen molar-refractivity contribution in [2.24, 2.45) is 34.6 Å². The van der Waals surface area contributed by atoms with Crippen molar-refractivity contribution in [3.05, 3.63) is 52.0 Å². The van der Waals surface area contributed by atoms with Crippen LogP contribution >= 0.6 is 11.8 Å². The number of hydrogen-bond acceptors (Lipinski definition) is 15. The molecule has 320 valence electrons. The molecule has 1 unspecified atom stereocenters. The van der Waals surface area contributed by atoms with Gasteiger partial charge in [0.25, 0.3) is 5.91 Å². The topological polar surface area (TPSA) is 320 Å². The van der Waals surface area contributed by atoms with Gasteiger partial charge in [0.15, 0.2) is 11.4 Å². The smallest absolute Gasteiger partial charge is 0.328 e. The molecule has 5 rings (SSSR count). The van der Waals surface area contributed by atoms with E-state index in [4.69, 9.17) is 16.6 Å². The summed E-state index contributed by atoms with van der Waals surface area (Å²) in [7, 11) is 3.06. The quantitative estimate of drug-likeness (QED) is 0.0858. The molecule has 0 saturated carbocycles. The minimum absolute atomic E-state index is 0.0735. The van der Waals surface area contributed by atoms with Crippen LogP contribution in [0.15, 0.2) is 40.9 Å². The van der Waals surface area contributed by atoms with Gasteiger partial charge < -0.3 is 42.1 Å². The third-order valence-corrected chi connectivity index (χ3v) is 12.4. The van der Waals surface area contributed by atoms with Crippen molar-refractivity contribution < 1.29 is 64.2 Å². The molecule has 1 heterocycles. The molecule has 18 nitrogen and oxygen atoms in total. The molecule has 0 radical (unpaired) electrons. The number of hydrogen-bond donors (Lipinski definition) is 10. The number of fused-ring (bicyclic) bond motifs is 3. The number of nitrogens with zero attached hydrogens (tertiary/aromatic N) is 1. The number of barbiturate groups is 1. The van der Waals surface area contributed by atoms with Crippen LogP contribution in [0.4, 0.5) is 4.79 Å². The number of likely N-dealkylation sites (N-methyl/N-ethyl adjacent to an activating group) is 1. The zero-order valence-corrected chi connectivity index (χ0v) is 34.4. The largest absolute Gasteiger partial charge is 0.510 e. The Balaban J connectivity index is 0.000000287. The van der Waals surface area contributed by atoms with E-state index in [1.807, 2.05) is 20.8 Å². The van der Waals surface area contributed by atoms with Crippen molar-refractivity contribution in [1.82, 2.24) is 15.5 Å². The number of carbonyl (C=O) groups excluding carboxylic acids is 6. The van der Waals surface area contributed by atoms with Gasteiger partial charge in [-0.15, -0.1) is 0 Å². The van der Waals surface area contributed by atoms with Gasteiger partial charge >= 0.3 is 12.0 Å². The molecule has 19 heteroatoms. The molecular formula is C39H55N5O13S. The molecule has 3 aliphatic carbocycles. The van der Waals surface area contributed by atoms with Crippen LogP contribution in [0.25, 0.3) is 0 Å². The van der Waals surface area contributed by atoms with E-state index in [9.17, 15) is 59.1 Å². The molecule has 7 atom stereocenters. The highest BCUT2D eigenvalue weighted by Gasteiger charge is 2.65. The summed E-state index contributed by atoms with van der Waals surface area (Å²) in [5.74, 6) is -7.95. The monoisotopic (exact) mass is 833 g/mol. The van der Waals surface area contributed by atoms with Gasteiger partial charge in [-0.3, -0.25) is 44.3 Å². The Labute approximate surface area is 340 Å². The van der Waals surface area contributed by atoms with E-state index in [2.05, 4.69) is 10.6 Å². The Morgan fingerprint density at radius 2 is 1.59 bits per heavy atom. The summed E-state index contributed by atoms with van der Waals surface area (Å²) in [6.45, 7) is 9.11. The highest BCUT2D eigenvalue weighted by Crippen LogP contribution is 2.56. The average molecular weight is 834 g/mol. The summed E-state index contributed by atoms with van der Waals surface area (Å²) < 4.78 is 0. The molecule has 0 aromatic heterocycles. The van der Waals surface area contributed by atoms with Crippen LogP contribution in [0.2, 0.25) is 0 Å². The van der Waals surface area contributed by atoms with E-state index in [1.165, 1.54) is 44.1 Å². The summed E-state index contributed by atoms with van der Waals surface area (Å²) in [5, 5.41) is 67.7. The van der Waals surface area contributed by atoms with E-state index in [0.29, 0.717) is 12.8 Å². The molecule has 0 spiro atoms. The standard InChI is InChI=1S/C22H24N2O8.C11H18N2O3.C6H13NO2S/c1-21(31)8-5-4-6-11(25)12(8)16(26)13-9(21)7-10-15(24(2)3)17(27)14(20(23)30)19(29)22(10,32)18(13)28;1-4-6-7(3)11(5-2)8(14)12-10(16)13-9(11)15;1-2-10-4-3-5(7)6(8)9/h4-6,9-10,15,25,27-28,31-32H,7H2,1-3H3,(H2,23,30);7H,4-6H2,1-3H3,(H2,12,13,14,15,16);5H,2-4,7H2,1H3,(H,8,9)/t9-,10-,15-,21+,22-;;5-/m0.0/s1. The van der Waals surface area contributed by atoms with Gasteiger partial charge in [-0.05, 0) is 75.8 Å². The number of primary amides is 1. The number of urea groups is 1. The minimum Gasteiger partial charge on any atom is -0.510 e. The minimum atomic E-state index is -2.75. The number of imide groups is 2. The number of carboxylic acids is 1. The molecule has 4 aliphatic rings. The Morgan fingerprint density at radius 1 is 1.00 bits per heavy atom. The third kappa shape index (κ3) is 8.36. The fourth-order valence-corrected chi connectivity index (χ4v) is 9.06. The molecule has 1 aromatic carbocycles. The van der Waals surface area contributed by atoms with Crippen molar-refractivity contribution in [1.29, 1.82) is 0 Å². The molecule has 1 fully saturated rings. The van der Waals surface area contributed by atoms with Crippen LogP contribution in [0.1, 0.15) is 82.6 Å². The fourth-order valence-electron chi connectivity index (χ4n) is 8.35. The Morgan fingerprint density at radius 3 is 2.07 bits per heavy atom. The maximum Gasteiger partial charge on any atom is 0.328 e. The molecule has 5 amide bonds. The fraction of sp³-hybridized carbons (Fsp3) is 0.564. The number of amides is 5. The lowest BCUT2D eigenvalue weighted by Gasteiger charge is -2.52. The first kappa shape index (κ1) is 47.6. The molecular weight excluding hydrogens is 779 g/mol. The number of thioether (sulfide) groups is 1. The van der Waals surface area contributed by atoms with Crippen LogP contribution in [-0.2, 0) is 29.6 Å². The van der Waals surface area contributed by atoms with Crippen molar-refractivity contribution >= 4 is 53.1 Å². The molecule has 58 heavy (non-hydrogen) atoms. The zero-order chi connectivity index (χ0) is 44.2. The SMILES string of the molecule is CCCC(C)C1(CC)C(=O)NC(=O)NC1=O.CCSCC[C@H](N)C(=O)O.CN(C)[C@@H]1C(O)=C(C(N)=O)C(=O)[C@@]2(O)C(O)=C3C(=O)c4c(O)cccc4[C@@](C)(O)[C@H]3C[C@@H]12. The third-order valence-electron chi connectivity index (χ3n) is 11.5. The molecule has 12 N–H and O–H groups in total.